The molecule has 94 valence electrons. The van der Waals surface area contributed by atoms with Crippen LogP contribution in [0.2, 0.25) is 0 Å². The van der Waals surface area contributed by atoms with Gasteiger partial charge in [0.15, 0.2) is 5.78 Å². The third kappa shape index (κ3) is 2.48. The van der Waals surface area contributed by atoms with Crippen molar-refractivity contribution in [1.82, 2.24) is 15.2 Å². The van der Waals surface area contributed by atoms with Gasteiger partial charge in [-0.05, 0) is 19.9 Å². The number of aromatic nitrogens is 3. The summed E-state index contributed by atoms with van der Waals surface area (Å²) in [6.45, 7) is 3.81. The van der Waals surface area contributed by atoms with Gasteiger partial charge in [-0.25, -0.2) is 0 Å². The number of aromatic amines is 1. The van der Waals surface area contributed by atoms with Crippen molar-refractivity contribution in [2.24, 2.45) is 0 Å². The van der Waals surface area contributed by atoms with Crippen LogP contribution >= 0.6 is 0 Å². The number of hydrogen-bond acceptors (Lipinski definition) is 5. The Kier molecular flexibility index (Phi) is 3.27. The second-order valence-electron chi connectivity index (χ2n) is 4.10. The summed E-state index contributed by atoms with van der Waals surface area (Å²) in [7, 11) is 0. The number of ether oxygens (including phenoxy) is 1. The van der Waals surface area contributed by atoms with E-state index >= 15 is 0 Å². The van der Waals surface area contributed by atoms with Crippen molar-refractivity contribution in [2.75, 3.05) is 5.73 Å². The second-order valence-corrected chi connectivity index (χ2v) is 4.10. The summed E-state index contributed by atoms with van der Waals surface area (Å²) < 4.78 is 5.48. The highest BCUT2D eigenvalue weighted by molar-refractivity contribution is 6.11. The van der Waals surface area contributed by atoms with Gasteiger partial charge in [0.25, 0.3) is 0 Å². The Balaban J connectivity index is 2.29. The molecular weight excluding hydrogens is 232 g/mol. The van der Waals surface area contributed by atoms with Gasteiger partial charge in [-0.15, -0.1) is 0 Å². The first-order valence-electron chi connectivity index (χ1n) is 5.53. The van der Waals surface area contributed by atoms with E-state index in [4.69, 9.17) is 10.5 Å². The summed E-state index contributed by atoms with van der Waals surface area (Å²) in [5.41, 5.74) is 6.36. The molecular formula is C12H14N4O2. The quantitative estimate of drug-likeness (QED) is 0.795. The van der Waals surface area contributed by atoms with E-state index in [9.17, 15) is 4.79 Å². The van der Waals surface area contributed by atoms with Gasteiger partial charge in [0.1, 0.15) is 11.6 Å². The molecule has 6 nitrogen and oxygen atoms in total. The Morgan fingerprint density at radius 1 is 1.39 bits per heavy atom. The number of carbonyl (C=O) groups is 1. The van der Waals surface area contributed by atoms with E-state index in [1.54, 1.807) is 12.3 Å². The number of nitrogens with zero attached hydrogens (tertiary/aromatic N) is 2. The number of pyridine rings is 1. The van der Waals surface area contributed by atoms with Crippen molar-refractivity contribution in [1.29, 1.82) is 0 Å². The minimum Gasteiger partial charge on any atom is -0.489 e. The van der Waals surface area contributed by atoms with Crippen molar-refractivity contribution in [3.05, 3.63) is 35.8 Å². The fraction of sp³-hybridized carbons (Fsp3) is 0.250. The van der Waals surface area contributed by atoms with Gasteiger partial charge >= 0.3 is 0 Å². The van der Waals surface area contributed by atoms with Crippen LogP contribution in [0, 0.1) is 0 Å². The number of nitrogens with two attached hydrogens (primary N) is 1. The number of hydrogen-bond donors (Lipinski definition) is 2. The molecule has 3 N–H and O–H groups in total. The molecule has 0 unspecified atom stereocenters. The molecule has 0 spiro atoms. The number of H-pyrrole nitrogens is 1. The normalized spacial score (nSPS) is 10.6. The van der Waals surface area contributed by atoms with Gasteiger partial charge in [0.2, 0.25) is 0 Å². The number of carbonyl (C=O) groups excluding carboxylic acids is 1. The zero-order valence-electron chi connectivity index (χ0n) is 10.2. The van der Waals surface area contributed by atoms with Crippen LogP contribution in [-0.4, -0.2) is 27.1 Å². The first-order valence-corrected chi connectivity index (χ1v) is 5.53. The molecule has 0 saturated heterocycles. The van der Waals surface area contributed by atoms with Gasteiger partial charge < -0.3 is 10.5 Å². The second kappa shape index (κ2) is 4.87. The third-order valence-electron chi connectivity index (χ3n) is 2.26. The average Bonchev–Trinajstić information content (AvgIpc) is 2.74. The summed E-state index contributed by atoms with van der Waals surface area (Å²) in [6, 6.07) is 1.64. The van der Waals surface area contributed by atoms with Crippen LogP contribution in [0.4, 0.5) is 5.82 Å². The molecule has 2 heterocycles. The summed E-state index contributed by atoms with van der Waals surface area (Å²) in [5.74, 6) is 0.566. The van der Waals surface area contributed by atoms with Gasteiger partial charge in [0.05, 0.1) is 24.1 Å². The van der Waals surface area contributed by atoms with E-state index in [0.29, 0.717) is 16.9 Å². The van der Waals surface area contributed by atoms with Crippen LogP contribution in [0.1, 0.15) is 29.8 Å². The minimum absolute atomic E-state index is 0.0242. The molecule has 0 aliphatic rings. The number of rotatable bonds is 4. The largest absolute Gasteiger partial charge is 0.489 e. The molecule has 0 fully saturated rings. The minimum atomic E-state index is -0.233. The molecule has 0 atom stereocenters. The highest BCUT2D eigenvalue weighted by Crippen LogP contribution is 2.18. The fourth-order valence-corrected chi connectivity index (χ4v) is 1.51. The molecule has 2 aromatic heterocycles. The van der Waals surface area contributed by atoms with E-state index < -0.39 is 0 Å². The highest BCUT2D eigenvalue weighted by atomic mass is 16.5. The third-order valence-corrected chi connectivity index (χ3v) is 2.26. The van der Waals surface area contributed by atoms with Crippen LogP contribution in [0.5, 0.6) is 5.75 Å². The lowest BCUT2D eigenvalue weighted by Gasteiger charge is -2.09. The molecule has 0 aliphatic heterocycles. The van der Waals surface area contributed by atoms with Gasteiger partial charge in [-0.1, -0.05) is 0 Å². The van der Waals surface area contributed by atoms with Crippen molar-refractivity contribution in [2.45, 2.75) is 20.0 Å². The maximum atomic E-state index is 12.1. The number of nitrogens with one attached hydrogen (secondary N) is 1. The van der Waals surface area contributed by atoms with Crippen LogP contribution in [-0.2, 0) is 0 Å². The Bertz CT molecular complexity index is 563. The predicted octanol–water partition coefficient (Wildman–Crippen LogP) is 1.41. The molecule has 2 aromatic rings. The van der Waals surface area contributed by atoms with E-state index in [1.807, 2.05) is 13.8 Å². The van der Waals surface area contributed by atoms with Crippen LogP contribution in [0.3, 0.4) is 0 Å². The SMILES string of the molecule is CC(C)Oc1cncc(C(=O)c2cn[nH]c2N)c1. The van der Waals surface area contributed by atoms with Crippen LogP contribution in [0.25, 0.3) is 0 Å². The van der Waals surface area contributed by atoms with E-state index in [0.717, 1.165) is 0 Å². The van der Waals surface area contributed by atoms with Crippen molar-refractivity contribution in [3.63, 3.8) is 0 Å². The monoisotopic (exact) mass is 246 g/mol. The molecule has 0 amide bonds. The molecule has 0 radical (unpaired) electrons. The first kappa shape index (κ1) is 12.1. The highest BCUT2D eigenvalue weighted by Gasteiger charge is 2.15. The number of anilines is 1. The van der Waals surface area contributed by atoms with E-state index in [2.05, 4.69) is 15.2 Å². The van der Waals surface area contributed by atoms with Crippen molar-refractivity contribution in [3.8, 4) is 5.75 Å². The molecule has 2 rings (SSSR count). The zero-order chi connectivity index (χ0) is 13.1. The van der Waals surface area contributed by atoms with E-state index in [-0.39, 0.29) is 17.7 Å². The topological polar surface area (TPSA) is 93.9 Å². The molecule has 18 heavy (non-hydrogen) atoms. The maximum Gasteiger partial charge on any atom is 0.200 e. The molecule has 0 aromatic carbocycles. The van der Waals surface area contributed by atoms with Crippen LogP contribution in [0.15, 0.2) is 24.7 Å². The van der Waals surface area contributed by atoms with Crippen molar-refractivity contribution >= 4 is 11.6 Å². The standard InChI is InChI=1S/C12H14N4O2/c1-7(2)18-9-3-8(4-14-5-9)11(17)10-6-15-16-12(10)13/h3-7H,1-2H3,(H3,13,15,16). The summed E-state index contributed by atoms with van der Waals surface area (Å²) in [6.07, 6.45) is 4.46. The smallest absolute Gasteiger partial charge is 0.200 e. The van der Waals surface area contributed by atoms with Gasteiger partial charge in [-0.3, -0.25) is 14.9 Å². The Morgan fingerprint density at radius 3 is 2.78 bits per heavy atom. The first-order chi connectivity index (χ1) is 8.58. The fourth-order valence-electron chi connectivity index (χ4n) is 1.51. The predicted molar refractivity (Wildman–Crippen MR) is 66.4 cm³/mol. The van der Waals surface area contributed by atoms with Crippen LogP contribution < -0.4 is 10.5 Å². The van der Waals surface area contributed by atoms with E-state index in [1.165, 1.54) is 12.4 Å². The maximum absolute atomic E-state index is 12.1. The Hall–Kier alpha value is -2.37. The van der Waals surface area contributed by atoms with Gasteiger partial charge in [0, 0.05) is 11.8 Å². The zero-order valence-corrected chi connectivity index (χ0v) is 10.2. The molecule has 0 bridgehead atoms. The van der Waals surface area contributed by atoms with Gasteiger partial charge in [-0.2, -0.15) is 5.10 Å². The molecule has 0 aliphatic carbocycles. The molecule has 6 heteroatoms. The summed E-state index contributed by atoms with van der Waals surface area (Å²) in [4.78, 5) is 16.1. The molecule has 0 saturated carbocycles. The Morgan fingerprint density at radius 2 is 2.17 bits per heavy atom. The Labute approximate surface area is 104 Å². The number of ketones is 1. The average molecular weight is 246 g/mol. The lowest BCUT2D eigenvalue weighted by atomic mass is 10.1. The lowest BCUT2D eigenvalue weighted by molar-refractivity contribution is 0.103. The van der Waals surface area contributed by atoms with Crippen molar-refractivity contribution < 1.29 is 9.53 Å². The summed E-state index contributed by atoms with van der Waals surface area (Å²) >= 11 is 0. The lowest BCUT2D eigenvalue weighted by Crippen LogP contribution is -2.08. The summed E-state index contributed by atoms with van der Waals surface area (Å²) in [5, 5.41) is 6.24. The number of nitrogen functional groups attached to an aromatic ring is 1.